The number of rotatable bonds is 10. The number of hydrogen-bond donors (Lipinski definition) is 4. The molecule has 0 radical (unpaired) electrons. The molecule has 0 fully saturated rings. The summed E-state index contributed by atoms with van der Waals surface area (Å²) in [5, 5.41) is 2.91. The summed E-state index contributed by atoms with van der Waals surface area (Å²) in [6, 6.07) is 15.7. The molecule has 0 aliphatic heterocycles. The molecule has 178 valence electrons. The standard InChI is InChI=1S/C24H28N6O4/c1-2-3-13-29(19(31)14-27-18-12-8-7-11-17(18)22(26)32)20-21(25)30(24(34)28-23(20)33)15-16-9-5-4-6-10-16/h4-12,27H,2-3,13-15,25H2,1H3,(H2,26,32)(H,28,33,34). The van der Waals surface area contributed by atoms with Gasteiger partial charge in [-0.15, -0.1) is 0 Å². The van der Waals surface area contributed by atoms with Crippen LogP contribution in [-0.4, -0.2) is 34.5 Å². The number of H-pyrrole nitrogens is 1. The summed E-state index contributed by atoms with van der Waals surface area (Å²) >= 11 is 0. The molecule has 1 heterocycles. The molecule has 0 aliphatic rings. The maximum Gasteiger partial charge on any atom is 0.330 e. The number of nitrogens with zero attached hydrogens (tertiary/aromatic N) is 2. The number of aromatic nitrogens is 2. The van der Waals surface area contributed by atoms with Gasteiger partial charge in [-0.2, -0.15) is 0 Å². The summed E-state index contributed by atoms with van der Waals surface area (Å²) in [4.78, 5) is 53.7. The molecule has 10 heteroatoms. The number of nitrogens with one attached hydrogen (secondary N) is 2. The molecular weight excluding hydrogens is 436 g/mol. The summed E-state index contributed by atoms with van der Waals surface area (Å²) in [7, 11) is 0. The molecule has 0 saturated carbocycles. The largest absolute Gasteiger partial charge is 0.383 e. The maximum absolute atomic E-state index is 13.2. The van der Waals surface area contributed by atoms with Gasteiger partial charge in [0.1, 0.15) is 5.82 Å². The average molecular weight is 465 g/mol. The van der Waals surface area contributed by atoms with E-state index in [1.54, 1.807) is 24.3 Å². The minimum Gasteiger partial charge on any atom is -0.383 e. The Balaban J connectivity index is 1.95. The molecule has 3 rings (SSSR count). The van der Waals surface area contributed by atoms with E-state index < -0.39 is 23.1 Å². The second-order valence-corrected chi connectivity index (χ2v) is 7.73. The summed E-state index contributed by atoms with van der Waals surface area (Å²) in [5.74, 6) is -1.18. The van der Waals surface area contributed by atoms with Crippen LogP contribution in [0.4, 0.5) is 17.2 Å². The van der Waals surface area contributed by atoms with Crippen molar-refractivity contribution in [3.8, 4) is 0 Å². The van der Waals surface area contributed by atoms with Crippen LogP contribution in [0.1, 0.15) is 35.7 Å². The predicted octanol–water partition coefficient (Wildman–Crippen LogP) is 1.51. The number of para-hydroxylation sites is 1. The van der Waals surface area contributed by atoms with Gasteiger partial charge in [-0.05, 0) is 24.1 Å². The topological polar surface area (TPSA) is 156 Å². The van der Waals surface area contributed by atoms with Crippen LogP contribution < -0.4 is 32.9 Å². The van der Waals surface area contributed by atoms with E-state index in [4.69, 9.17) is 11.5 Å². The Morgan fingerprint density at radius 2 is 1.74 bits per heavy atom. The summed E-state index contributed by atoms with van der Waals surface area (Å²) in [6.45, 7) is 2.10. The lowest BCUT2D eigenvalue weighted by atomic mass is 10.1. The first-order valence-electron chi connectivity index (χ1n) is 10.9. The van der Waals surface area contributed by atoms with Gasteiger partial charge in [0, 0.05) is 12.2 Å². The van der Waals surface area contributed by atoms with Crippen molar-refractivity contribution in [1.82, 2.24) is 9.55 Å². The highest BCUT2D eigenvalue weighted by Crippen LogP contribution is 2.20. The molecule has 0 bridgehead atoms. The molecule has 0 spiro atoms. The van der Waals surface area contributed by atoms with E-state index in [-0.39, 0.29) is 36.7 Å². The van der Waals surface area contributed by atoms with Crippen molar-refractivity contribution in [2.45, 2.75) is 26.3 Å². The quantitative estimate of drug-likeness (QED) is 0.356. The zero-order chi connectivity index (χ0) is 24.7. The Bertz CT molecular complexity index is 1280. The number of carbonyl (C=O) groups is 2. The number of carbonyl (C=O) groups excluding carboxylic acids is 2. The van der Waals surface area contributed by atoms with Gasteiger partial charge in [-0.1, -0.05) is 55.8 Å². The number of nitrogens with two attached hydrogens (primary N) is 2. The Hall–Kier alpha value is -4.34. The van der Waals surface area contributed by atoms with Crippen molar-refractivity contribution in [2.24, 2.45) is 5.73 Å². The van der Waals surface area contributed by atoms with E-state index in [2.05, 4.69) is 10.3 Å². The smallest absolute Gasteiger partial charge is 0.330 e. The monoisotopic (exact) mass is 464 g/mol. The van der Waals surface area contributed by atoms with Crippen LogP contribution in [0.15, 0.2) is 64.2 Å². The minimum absolute atomic E-state index is 0.0843. The zero-order valence-corrected chi connectivity index (χ0v) is 18.9. The van der Waals surface area contributed by atoms with E-state index >= 15 is 0 Å². The van der Waals surface area contributed by atoms with Gasteiger partial charge < -0.3 is 21.7 Å². The van der Waals surface area contributed by atoms with Gasteiger partial charge >= 0.3 is 5.69 Å². The number of unbranched alkanes of at least 4 members (excludes halogenated alkanes) is 1. The molecule has 0 unspecified atom stereocenters. The van der Waals surface area contributed by atoms with Gasteiger partial charge in [0.25, 0.3) is 11.5 Å². The highest BCUT2D eigenvalue weighted by atomic mass is 16.2. The van der Waals surface area contributed by atoms with Gasteiger partial charge in [-0.3, -0.25) is 23.9 Å². The van der Waals surface area contributed by atoms with Crippen LogP contribution in [0.2, 0.25) is 0 Å². The van der Waals surface area contributed by atoms with E-state index in [9.17, 15) is 19.2 Å². The molecular formula is C24H28N6O4. The van der Waals surface area contributed by atoms with Crippen LogP contribution in [0.25, 0.3) is 0 Å². The van der Waals surface area contributed by atoms with Crippen molar-refractivity contribution >= 4 is 29.0 Å². The number of benzene rings is 2. The first kappa shape index (κ1) is 24.3. The number of aromatic amines is 1. The van der Waals surface area contributed by atoms with Crippen molar-refractivity contribution in [2.75, 3.05) is 29.0 Å². The van der Waals surface area contributed by atoms with E-state index in [1.165, 1.54) is 9.47 Å². The lowest BCUT2D eigenvalue weighted by Gasteiger charge is -2.25. The molecule has 0 saturated heterocycles. The van der Waals surface area contributed by atoms with Crippen LogP contribution in [-0.2, 0) is 11.3 Å². The van der Waals surface area contributed by atoms with Crippen molar-refractivity contribution < 1.29 is 9.59 Å². The Labute approximate surface area is 196 Å². The second kappa shape index (κ2) is 11.0. The molecule has 10 nitrogen and oxygen atoms in total. The lowest BCUT2D eigenvalue weighted by Crippen LogP contribution is -2.43. The third-order valence-electron chi connectivity index (χ3n) is 5.33. The van der Waals surface area contributed by atoms with Gasteiger partial charge in [-0.25, -0.2) is 4.79 Å². The van der Waals surface area contributed by atoms with Crippen LogP contribution in [0.5, 0.6) is 0 Å². The molecule has 2 aromatic carbocycles. The number of anilines is 3. The fourth-order valence-electron chi connectivity index (χ4n) is 3.56. The first-order chi connectivity index (χ1) is 16.3. The SMILES string of the molecule is CCCCN(C(=O)CNc1ccccc1C(N)=O)c1c(N)n(Cc2ccccc2)c(=O)[nH]c1=O. The molecule has 34 heavy (non-hydrogen) atoms. The zero-order valence-electron chi connectivity index (χ0n) is 18.9. The van der Waals surface area contributed by atoms with E-state index in [0.717, 1.165) is 12.0 Å². The molecule has 2 amide bonds. The fraction of sp³-hybridized carbons (Fsp3) is 0.250. The molecule has 0 aliphatic carbocycles. The van der Waals surface area contributed by atoms with Crippen LogP contribution >= 0.6 is 0 Å². The third-order valence-corrected chi connectivity index (χ3v) is 5.33. The predicted molar refractivity (Wildman–Crippen MR) is 132 cm³/mol. The summed E-state index contributed by atoms with van der Waals surface area (Å²) in [6.07, 6.45) is 1.38. The number of hydrogen-bond acceptors (Lipinski definition) is 6. The Morgan fingerprint density at radius 1 is 1.06 bits per heavy atom. The third kappa shape index (κ3) is 5.52. The number of nitrogen functional groups attached to an aromatic ring is 1. The van der Waals surface area contributed by atoms with Gasteiger partial charge in [0.2, 0.25) is 5.91 Å². The maximum atomic E-state index is 13.2. The van der Waals surface area contributed by atoms with E-state index in [1.807, 2.05) is 37.3 Å². The van der Waals surface area contributed by atoms with Crippen molar-refractivity contribution in [3.63, 3.8) is 0 Å². The second-order valence-electron chi connectivity index (χ2n) is 7.73. The normalized spacial score (nSPS) is 10.6. The average Bonchev–Trinajstić information content (AvgIpc) is 2.83. The molecule has 1 aromatic heterocycles. The lowest BCUT2D eigenvalue weighted by molar-refractivity contribution is -0.117. The highest BCUT2D eigenvalue weighted by Gasteiger charge is 2.24. The van der Waals surface area contributed by atoms with Crippen LogP contribution in [0, 0.1) is 0 Å². The van der Waals surface area contributed by atoms with Crippen molar-refractivity contribution in [1.29, 1.82) is 0 Å². The van der Waals surface area contributed by atoms with E-state index in [0.29, 0.717) is 12.1 Å². The number of primary amides is 1. The fourth-order valence-corrected chi connectivity index (χ4v) is 3.56. The van der Waals surface area contributed by atoms with Gasteiger partial charge in [0.05, 0.1) is 18.7 Å². The van der Waals surface area contributed by atoms with Crippen molar-refractivity contribution in [3.05, 3.63) is 86.6 Å². The minimum atomic E-state index is -0.742. The van der Waals surface area contributed by atoms with Crippen LogP contribution in [0.3, 0.4) is 0 Å². The Morgan fingerprint density at radius 3 is 2.41 bits per heavy atom. The van der Waals surface area contributed by atoms with Gasteiger partial charge in [0.15, 0.2) is 5.69 Å². The number of amides is 2. The Kier molecular flexibility index (Phi) is 7.86. The first-order valence-corrected chi connectivity index (χ1v) is 10.9. The molecule has 3 aromatic rings. The summed E-state index contributed by atoms with van der Waals surface area (Å²) < 4.78 is 1.23. The summed E-state index contributed by atoms with van der Waals surface area (Å²) in [5.41, 5.74) is 11.6. The molecule has 0 atom stereocenters. The molecule has 6 N–H and O–H groups in total. The highest BCUT2D eigenvalue weighted by molar-refractivity contribution is 6.01.